The van der Waals surface area contributed by atoms with Crippen LogP contribution in [0.3, 0.4) is 0 Å². The lowest BCUT2D eigenvalue weighted by Crippen LogP contribution is -2.46. The van der Waals surface area contributed by atoms with Crippen LogP contribution in [0.4, 0.5) is 0 Å². The smallest absolute Gasteiger partial charge is 0.243 e. The SMILES string of the molecule is CCOc1ccc(S(=O)(=O)N2CCOCC2C)cc1CN. The molecular weight excluding hydrogens is 292 g/mol. The Kier molecular flexibility index (Phi) is 5.21. The molecule has 2 N–H and O–H groups in total. The molecule has 1 heterocycles. The molecule has 1 atom stereocenters. The van der Waals surface area contributed by atoms with E-state index in [1.807, 2.05) is 13.8 Å². The topological polar surface area (TPSA) is 81.9 Å². The first-order valence-electron chi connectivity index (χ1n) is 7.06. The van der Waals surface area contributed by atoms with Crippen molar-refractivity contribution in [3.8, 4) is 5.75 Å². The first-order valence-corrected chi connectivity index (χ1v) is 8.50. The van der Waals surface area contributed by atoms with E-state index in [0.29, 0.717) is 37.7 Å². The van der Waals surface area contributed by atoms with Gasteiger partial charge < -0.3 is 15.2 Å². The van der Waals surface area contributed by atoms with Crippen LogP contribution in [0.5, 0.6) is 5.75 Å². The Balaban J connectivity index is 2.35. The van der Waals surface area contributed by atoms with Gasteiger partial charge in [-0.25, -0.2) is 8.42 Å². The van der Waals surface area contributed by atoms with Crippen molar-refractivity contribution >= 4 is 10.0 Å². The van der Waals surface area contributed by atoms with Gasteiger partial charge in [-0.1, -0.05) is 0 Å². The van der Waals surface area contributed by atoms with E-state index in [2.05, 4.69) is 0 Å². The molecular formula is C14H22N2O4S. The van der Waals surface area contributed by atoms with Crippen molar-refractivity contribution in [1.29, 1.82) is 0 Å². The van der Waals surface area contributed by atoms with E-state index in [1.54, 1.807) is 18.2 Å². The molecule has 0 amide bonds. The van der Waals surface area contributed by atoms with Gasteiger partial charge in [-0.3, -0.25) is 0 Å². The predicted molar refractivity (Wildman–Crippen MR) is 79.7 cm³/mol. The number of sulfonamides is 1. The first-order chi connectivity index (χ1) is 10.0. The molecule has 21 heavy (non-hydrogen) atoms. The Bertz CT molecular complexity index is 589. The van der Waals surface area contributed by atoms with Crippen molar-refractivity contribution in [3.63, 3.8) is 0 Å². The second-order valence-corrected chi connectivity index (χ2v) is 6.84. The van der Waals surface area contributed by atoms with Crippen LogP contribution >= 0.6 is 0 Å². The molecule has 6 nitrogen and oxygen atoms in total. The number of nitrogens with two attached hydrogens (primary N) is 1. The first kappa shape index (κ1) is 16.2. The molecule has 1 saturated heterocycles. The highest BCUT2D eigenvalue weighted by atomic mass is 32.2. The summed E-state index contributed by atoms with van der Waals surface area (Å²) in [5.74, 6) is 0.633. The summed E-state index contributed by atoms with van der Waals surface area (Å²) in [5.41, 5.74) is 6.38. The van der Waals surface area contributed by atoms with Crippen molar-refractivity contribution in [2.45, 2.75) is 31.3 Å². The molecule has 2 rings (SSSR count). The van der Waals surface area contributed by atoms with Crippen LogP contribution in [-0.2, 0) is 21.3 Å². The number of morpholine rings is 1. The minimum Gasteiger partial charge on any atom is -0.494 e. The van der Waals surface area contributed by atoms with Gasteiger partial charge in [-0.05, 0) is 32.0 Å². The second kappa shape index (κ2) is 6.74. The minimum absolute atomic E-state index is 0.170. The molecule has 0 aromatic heterocycles. The summed E-state index contributed by atoms with van der Waals surface area (Å²) in [6.45, 7) is 5.67. The van der Waals surface area contributed by atoms with E-state index in [0.717, 1.165) is 0 Å². The Hall–Kier alpha value is -1.15. The van der Waals surface area contributed by atoms with Gasteiger partial charge in [0.1, 0.15) is 5.75 Å². The van der Waals surface area contributed by atoms with Crippen LogP contribution in [-0.4, -0.2) is 45.1 Å². The third kappa shape index (κ3) is 3.37. The summed E-state index contributed by atoms with van der Waals surface area (Å²) in [5, 5.41) is 0. The van der Waals surface area contributed by atoms with Gasteiger partial charge in [-0.2, -0.15) is 4.31 Å². The van der Waals surface area contributed by atoms with Crippen LogP contribution in [0.1, 0.15) is 19.4 Å². The van der Waals surface area contributed by atoms with Crippen LogP contribution in [0.2, 0.25) is 0 Å². The molecule has 0 radical (unpaired) electrons. The third-order valence-electron chi connectivity index (χ3n) is 3.46. The number of ether oxygens (including phenoxy) is 2. The zero-order valence-electron chi connectivity index (χ0n) is 12.4. The molecule has 0 spiro atoms. The second-order valence-electron chi connectivity index (χ2n) is 4.95. The fourth-order valence-corrected chi connectivity index (χ4v) is 4.03. The van der Waals surface area contributed by atoms with E-state index in [1.165, 1.54) is 4.31 Å². The minimum atomic E-state index is -3.53. The van der Waals surface area contributed by atoms with Gasteiger partial charge in [0.25, 0.3) is 0 Å². The van der Waals surface area contributed by atoms with Crippen LogP contribution < -0.4 is 10.5 Å². The average Bonchev–Trinajstić information content (AvgIpc) is 2.48. The molecule has 118 valence electrons. The summed E-state index contributed by atoms with van der Waals surface area (Å²) in [7, 11) is -3.53. The Morgan fingerprint density at radius 3 is 2.86 bits per heavy atom. The monoisotopic (exact) mass is 314 g/mol. The van der Waals surface area contributed by atoms with E-state index in [-0.39, 0.29) is 17.5 Å². The maximum absolute atomic E-state index is 12.7. The van der Waals surface area contributed by atoms with Crippen molar-refractivity contribution in [2.24, 2.45) is 5.73 Å². The molecule has 7 heteroatoms. The van der Waals surface area contributed by atoms with Gasteiger partial charge in [0.2, 0.25) is 10.0 Å². The third-order valence-corrected chi connectivity index (χ3v) is 5.47. The summed E-state index contributed by atoms with van der Waals surface area (Å²) in [4.78, 5) is 0.250. The zero-order valence-corrected chi connectivity index (χ0v) is 13.2. The molecule has 0 bridgehead atoms. The lowest BCUT2D eigenvalue weighted by atomic mass is 10.2. The summed E-state index contributed by atoms with van der Waals surface area (Å²) < 4.78 is 37.7. The van der Waals surface area contributed by atoms with Crippen molar-refractivity contribution in [2.75, 3.05) is 26.4 Å². The van der Waals surface area contributed by atoms with Crippen LogP contribution in [0.15, 0.2) is 23.1 Å². The fourth-order valence-electron chi connectivity index (χ4n) is 2.38. The largest absolute Gasteiger partial charge is 0.494 e. The van der Waals surface area contributed by atoms with Crippen molar-refractivity contribution in [1.82, 2.24) is 4.31 Å². The van der Waals surface area contributed by atoms with Crippen molar-refractivity contribution in [3.05, 3.63) is 23.8 Å². The van der Waals surface area contributed by atoms with Crippen molar-refractivity contribution < 1.29 is 17.9 Å². The summed E-state index contributed by atoms with van der Waals surface area (Å²) in [6, 6.07) is 4.67. The number of nitrogens with zero attached hydrogens (tertiary/aromatic N) is 1. The zero-order chi connectivity index (χ0) is 15.5. The van der Waals surface area contributed by atoms with E-state index >= 15 is 0 Å². The highest BCUT2D eigenvalue weighted by Crippen LogP contribution is 2.26. The Morgan fingerprint density at radius 1 is 1.48 bits per heavy atom. The molecule has 1 aliphatic heterocycles. The van der Waals surface area contributed by atoms with Gasteiger partial charge in [-0.15, -0.1) is 0 Å². The van der Waals surface area contributed by atoms with Crippen LogP contribution in [0.25, 0.3) is 0 Å². The number of benzene rings is 1. The molecule has 1 unspecified atom stereocenters. The lowest BCUT2D eigenvalue weighted by molar-refractivity contribution is 0.0392. The average molecular weight is 314 g/mol. The van der Waals surface area contributed by atoms with Gasteiger partial charge >= 0.3 is 0 Å². The molecule has 1 aliphatic rings. The Morgan fingerprint density at radius 2 is 2.24 bits per heavy atom. The highest BCUT2D eigenvalue weighted by Gasteiger charge is 2.31. The molecule has 0 aliphatic carbocycles. The van der Waals surface area contributed by atoms with E-state index in [9.17, 15) is 8.42 Å². The summed E-state index contributed by atoms with van der Waals surface area (Å²) in [6.07, 6.45) is 0. The predicted octanol–water partition coefficient (Wildman–Crippen LogP) is 0.953. The summed E-state index contributed by atoms with van der Waals surface area (Å²) >= 11 is 0. The van der Waals surface area contributed by atoms with Gasteiger partial charge in [0, 0.05) is 24.7 Å². The van der Waals surface area contributed by atoms with E-state index < -0.39 is 10.0 Å². The maximum Gasteiger partial charge on any atom is 0.243 e. The quantitative estimate of drug-likeness (QED) is 0.875. The molecule has 0 saturated carbocycles. The molecule has 1 aromatic carbocycles. The highest BCUT2D eigenvalue weighted by molar-refractivity contribution is 7.89. The molecule has 1 fully saturated rings. The normalized spacial score (nSPS) is 20.4. The maximum atomic E-state index is 12.7. The van der Waals surface area contributed by atoms with Gasteiger partial charge in [0.15, 0.2) is 0 Å². The van der Waals surface area contributed by atoms with Crippen LogP contribution in [0, 0.1) is 0 Å². The number of hydrogen-bond donors (Lipinski definition) is 1. The number of hydrogen-bond acceptors (Lipinski definition) is 5. The lowest BCUT2D eigenvalue weighted by Gasteiger charge is -2.32. The standard InChI is InChI=1S/C14H22N2O4S/c1-3-20-14-5-4-13(8-12(14)9-15)21(17,18)16-6-7-19-10-11(16)2/h4-5,8,11H,3,6-7,9-10,15H2,1-2H3. The van der Waals surface area contributed by atoms with Gasteiger partial charge in [0.05, 0.1) is 24.7 Å². The Labute approximate surface area is 125 Å². The van der Waals surface area contributed by atoms with E-state index in [4.69, 9.17) is 15.2 Å². The fraction of sp³-hybridized carbons (Fsp3) is 0.571. The molecule has 1 aromatic rings. The number of rotatable bonds is 5.